The fourth-order valence-corrected chi connectivity index (χ4v) is 2.79. The van der Waals surface area contributed by atoms with Crippen LogP contribution in [0.3, 0.4) is 0 Å². The summed E-state index contributed by atoms with van der Waals surface area (Å²) in [6.45, 7) is 0. The Morgan fingerprint density at radius 1 is 1.20 bits per heavy atom. The maximum absolute atomic E-state index is 11.6. The molecule has 128 valence electrons. The Morgan fingerprint density at radius 3 is 2.72 bits per heavy atom. The Bertz CT molecular complexity index is 1050. The second-order valence-corrected chi connectivity index (χ2v) is 7.20. The molecule has 0 aliphatic rings. The van der Waals surface area contributed by atoms with Crippen molar-refractivity contribution in [2.75, 3.05) is 6.26 Å². The molecule has 1 aromatic carbocycles. The van der Waals surface area contributed by atoms with Crippen molar-refractivity contribution in [2.24, 2.45) is 0 Å². The molecule has 0 saturated carbocycles. The molecule has 0 radical (unpaired) electrons. The zero-order valence-electron chi connectivity index (χ0n) is 13.1. The van der Waals surface area contributed by atoms with Crippen LogP contribution in [0.4, 0.5) is 5.69 Å². The number of nitro groups is 1. The summed E-state index contributed by atoms with van der Waals surface area (Å²) in [5.41, 5.74) is 0.705. The van der Waals surface area contributed by atoms with Gasteiger partial charge < -0.3 is 0 Å². The van der Waals surface area contributed by atoms with Crippen molar-refractivity contribution >= 4 is 15.5 Å². The van der Waals surface area contributed by atoms with E-state index in [0.717, 1.165) is 6.26 Å². The fraction of sp³-hybridized carbons (Fsp3) is 0.133. The first kappa shape index (κ1) is 16.7. The van der Waals surface area contributed by atoms with Crippen LogP contribution in [0.2, 0.25) is 0 Å². The molecule has 0 N–H and O–H groups in total. The third-order valence-corrected chi connectivity index (χ3v) is 4.26. The van der Waals surface area contributed by atoms with Gasteiger partial charge in [0.15, 0.2) is 0 Å². The van der Waals surface area contributed by atoms with Crippen LogP contribution in [0, 0.1) is 10.1 Å². The molecule has 0 bridgehead atoms. The number of sulfone groups is 1. The molecule has 0 unspecified atom stereocenters. The molecular formula is C15H13N5O4S. The molecule has 2 aromatic heterocycles. The minimum atomic E-state index is -3.53. The number of aromatic nitrogens is 4. The van der Waals surface area contributed by atoms with Gasteiger partial charge in [0.1, 0.15) is 11.6 Å². The Hall–Kier alpha value is -3.14. The van der Waals surface area contributed by atoms with Crippen LogP contribution < -0.4 is 0 Å². The Labute approximate surface area is 143 Å². The average molecular weight is 359 g/mol. The summed E-state index contributed by atoms with van der Waals surface area (Å²) >= 11 is 0. The summed E-state index contributed by atoms with van der Waals surface area (Å²) in [4.78, 5) is 22.5. The van der Waals surface area contributed by atoms with Crippen LogP contribution in [0.1, 0.15) is 11.4 Å². The molecule has 0 spiro atoms. The van der Waals surface area contributed by atoms with Crippen molar-refractivity contribution in [2.45, 2.75) is 11.6 Å². The van der Waals surface area contributed by atoms with Crippen LogP contribution >= 0.6 is 0 Å². The fourth-order valence-electron chi connectivity index (χ4n) is 2.28. The predicted molar refractivity (Wildman–Crippen MR) is 88.2 cm³/mol. The highest BCUT2D eigenvalue weighted by Crippen LogP contribution is 2.17. The van der Waals surface area contributed by atoms with E-state index in [1.165, 1.54) is 18.3 Å². The summed E-state index contributed by atoms with van der Waals surface area (Å²) < 4.78 is 24.9. The number of rotatable bonds is 5. The van der Waals surface area contributed by atoms with E-state index in [-0.39, 0.29) is 10.8 Å². The van der Waals surface area contributed by atoms with E-state index >= 15 is 0 Å². The van der Waals surface area contributed by atoms with Gasteiger partial charge >= 0.3 is 0 Å². The number of nitrogens with zero attached hydrogens (tertiary/aromatic N) is 5. The highest BCUT2D eigenvalue weighted by molar-refractivity contribution is 7.90. The Kier molecular flexibility index (Phi) is 4.28. The van der Waals surface area contributed by atoms with Gasteiger partial charge in [-0.3, -0.25) is 14.7 Å². The molecule has 10 heteroatoms. The number of hydrogen-bond acceptors (Lipinski definition) is 7. The van der Waals surface area contributed by atoms with Gasteiger partial charge in [-0.2, -0.15) is 0 Å². The lowest BCUT2D eigenvalue weighted by Crippen LogP contribution is -2.09. The van der Waals surface area contributed by atoms with E-state index in [1.54, 1.807) is 35.2 Å². The summed E-state index contributed by atoms with van der Waals surface area (Å²) in [5, 5.41) is 10.6. The molecule has 0 amide bonds. The van der Waals surface area contributed by atoms with Crippen LogP contribution in [-0.2, 0) is 16.3 Å². The van der Waals surface area contributed by atoms with Crippen LogP contribution in [0.5, 0.6) is 0 Å². The number of nitro benzene ring substituents is 1. The number of hydrogen-bond donors (Lipinski definition) is 0. The highest BCUT2D eigenvalue weighted by Gasteiger charge is 2.14. The van der Waals surface area contributed by atoms with Crippen molar-refractivity contribution in [3.63, 3.8) is 0 Å². The van der Waals surface area contributed by atoms with E-state index in [4.69, 9.17) is 0 Å². The molecule has 0 atom stereocenters. The largest absolute Gasteiger partial charge is 0.287 e. The van der Waals surface area contributed by atoms with E-state index < -0.39 is 14.8 Å². The summed E-state index contributed by atoms with van der Waals surface area (Å²) in [5.74, 6) is 0.923. The first-order valence-electron chi connectivity index (χ1n) is 7.13. The molecule has 0 fully saturated rings. The summed E-state index contributed by atoms with van der Waals surface area (Å²) in [6, 6.07) is 7.81. The summed E-state index contributed by atoms with van der Waals surface area (Å²) in [6.07, 6.45) is 5.91. The van der Waals surface area contributed by atoms with Gasteiger partial charge in [-0.1, -0.05) is 12.1 Å². The summed E-state index contributed by atoms with van der Waals surface area (Å²) in [7, 11) is -3.53. The normalized spacial score (nSPS) is 11.4. The van der Waals surface area contributed by atoms with Gasteiger partial charge in [-0.05, 0) is 11.6 Å². The molecular weight excluding hydrogens is 346 g/mol. The zero-order chi connectivity index (χ0) is 18.0. The standard InChI is InChI=1S/C15H13N5O4S/c1-25(23,24)15-17-6-5-13(18-15)19-8-7-16-14(19)10-11-3-2-4-12(9-11)20(21)22/h2-9H,10H2,1H3. The number of benzene rings is 1. The lowest BCUT2D eigenvalue weighted by molar-refractivity contribution is -0.384. The predicted octanol–water partition coefficient (Wildman–Crippen LogP) is 1.56. The lowest BCUT2D eigenvalue weighted by Gasteiger charge is -2.08. The number of non-ortho nitro benzene ring substituents is 1. The van der Waals surface area contributed by atoms with Crippen LogP contribution in [0.25, 0.3) is 5.82 Å². The van der Waals surface area contributed by atoms with Crippen LogP contribution in [-0.4, -0.2) is 39.1 Å². The molecule has 0 saturated heterocycles. The quantitative estimate of drug-likeness (QED) is 0.385. The van der Waals surface area contributed by atoms with Gasteiger partial charge in [0.25, 0.3) is 5.69 Å². The second-order valence-electron chi connectivity index (χ2n) is 5.29. The smallest absolute Gasteiger partial charge is 0.269 e. The highest BCUT2D eigenvalue weighted by atomic mass is 32.2. The second kappa shape index (κ2) is 6.40. The molecule has 2 heterocycles. The maximum atomic E-state index is 11.6. The van der Waals surface area contributed by atoms with Gasteiger partial charge in [0.05, 0.1) is 4.92 Å². The lowest BCUT2D eigenvalue weighted by atomic mass is 10.1. The molecule has 9 nitrogen and oxygen atoms in total. The Balaban J connectivity index is 1.97. The van der Waals surface area contributed by atoms with Gasteiger partial charge in [-0.15, -0.1) is 0 Å². The third-order valence-electron chi connectivity index (χ3n) is 3.40. The maximum Gasteiger partial charge on any atom is 0.269 e. The van der Waals surface area contributed by atoms with Crippen molar-refractivity contribution in [3.8, 4) is 5.82 Å². The van der Waals surface area contributed by atoms with E-state index in [2.05, 4.69) is 15.0 Å². The van der Waals surface area contributed by atoms with Gasteiger partial charge in [-0.25, -0.2) is 23.4 Å². The molecule has 0 aliphatic heterocycles. The molecule has 3 rings (SSSR count). The first-order valence-corrected chi connectivity index (χ1v) is 9.03. The minimum Gasteiger partial charge on any atom is -0.287 e. The number of imidazole rings is 1. The van der Waals surface area contributed by atoms with Crippen molar-refractivity contribution in [1.29, 1.82) is 0 Å². The van der Waals surface area contributed by atoms with Crippen molar-refractivity contribution < 1.29 is 13.3 Å². The minimum absolute atomic E-state index is 0.00277. The zero-order valence-corrected chi connectivity index (χ0v) is 13.9. The van der Waals surface area contributed by atoms with Gasteiger partial charge in [0.2, 0.25) is 15.0 Å². The SMILES string of the molecule is CS(=O)(=O)c1nccc(-n2ccnc2Cc2cccc([N+](=O)[O-])c2)n1. The topological polar surface area (TPSA) is 121 Å². The molecule has 3 aromatic rings. The van der Waals surface area contributed by atoms with E-state index in [0.29, 0.717) is 23.6 Å². The van der Waals surface area contributed by atoms with Gasteiger partial charge in [0, 0.05) is 43.4 Å². The average Bonchev–Trinajstić information content (AvgIpc) is 3.02. The molecule has 25 heavy (non-hydrogen) atoms. The molecule has 0 aliphatic carbocycles. The Morgan fingerprint density at radius 2 is 2.00 bits per heavy atom. The third kappa shape index (κ3) is 3.69. The van der Waals surface area contributed by atoms with Crippen molar-refractivity contribution in [1.82, 2.24) is 19.5 Å². The van der Waals surface area contributed by atoms with E-state index in [9.17, 15) is 18.5 Å². The van der Waals surface area contributed by atoms with E-state index in [1.807, 2.05) is 0 Å². The first-order chi connectivity index (χ1) is 11.8. The van der Waals surface area contributed by atoms with Crippen LogP contribution in [0.15, 0.2) is 54.1 Å². The monoisotopic (exact) mass is 359 g/mol. The van der Waals surface area contributed by atoms with Crippen molar-refractivity contribution in [3.05, 3.63) is 70.4 Å².